The first-order valence-corrected chi connectivity index (χ1v) is 5.78. The van der Waals surface area contributed by atoms with E-state index in [4.69, 9.17) is 0 Å². The molecule has 6 nitrogen and oxygen atoms in total. The van der Waals surface area contributed by atoms with Gasteiger partial charge in [-0.25, -0.2) is 4.98 Å². The van der Waals surface area contributed by atoms with E-state index in [9.17, 15) is 4.79 Å². The van der Waals surface area contributed by atoms with E-state index < -0.39 is 0 Å². The standard InChI is InChI=1S/C12H17N5O/c1-7-10(8(2)17(4)16-7)6-13-11-5-12(18)15-9(3)14-11/h5H,6H2,1-4H3,(H2,13,14,15,18). The number of nitrogens with zero attached hydrogens (tertiary/aromatic N) is 3. The second-order valence-electron chi connectivity index (χ2n) is 4.34. The zero-order valence-electron chi connectivity index (χ0n) is 11.0. The Hall–Kier alpha value is -2.11. The molecule has 0 aliphatic heterocycles. The predicted octanol–water partition coefficient (Wildman–Crippen LogP) is 1.04. The molecule has 2 aromatic rings. The molecule has 0 aliphatic rings. The van der Waals surface area contributed by atoms with Gasteiger partial charge in [-0.2, -0.15) is 5.10 Å². The van der Waals surface area contributed by atoms with Gasteiger partial charge in [0.15, 0.2) is 0 Å². The molecule has 0 bridgehead atoms. The number of H-pyrrole nitrogens is 1. The van der Waals surface area contributed by atoms with E-state index in [-0.39, 0.29) is 5.56 Å². The Morgan fingerprint density at radius 1 is 1.39 bits per heavy atom. The molecule has 96 valence electrons. The van der Waals surface area contributed by atoms with Crippen LogP contribution in [0.2, 0.25) is 0 Å². The largest absolute Gasteiger partial charge is 0.366 e. The fourth-order valence-electron chi connectivity index (χ4n) is 1.92. The fraction of sp³-hybridized carbons (Fsp3) is 0.417. The van der Waals surface area contributed by atoms with Crippen molar-refractivity contribution in [2.45, 2.75) is 27.3 Å². The number of aromatic amines is 1. The molecule has 0 radical (unpaired) electrons. The lowest BCUT2D eigenvalue weighted by atomic mass is 10.2. The Bertz CT molecular complexity index is 626. The zero-order valence-corrected chi connectivity index (χ0v) is 11.0. The highest BCUT2D eigenvalue weighted by molar-refractivity contribution is 5.36. The van der Waals surface area contributed by atoms with E-state index in [2.05, 4.69) is 20.4 Å². The summed E-state index contributed by atoms with van der Waals surface area (Å²) in [6, 6.07) is 1.45. The summed E-state index contributed by atoms with van der Waals surface area (Å²) in [6.45, 7) is 6.36. The van der Waals surface area contributed by atoms with Gasteiger partial charge < -0.3 is 10.3 Å². The number of rotatable bonds is 3. The molecular formula is C12H17N5O. The molecule has 0 atom stereocenters. The van der Waals surface area contributed by atoms with Gasteiger partial charge in [0.2, 0.25) is 0 Å². The third kappa shape index (κ3) is 2.42. The van der Waals surface area contributed by atoms with Gasteiger partial charge in [0.1, 0.15) is 11.6 Å². The lowest BCUT2D eigenvalue weighted by Crippen LogP contribution is -2.12. The van der Waals surface area contributed by atoms with Crippen molar-refractivity contribution in [3.63, 3.8) is 0 Å². The van der Waals surface area contributed by atoms with Crippen LogP contribution in [-0.2, 0) is 13.6 Å². The number of aromatic nitrogens is 4. The SMILES string of the molecule is Cc1nc(NCc2c(C)nn(C)c2C)cc(=O)[nH]1. The summed E-state index contributed by atoms with van der Waals surface area (Å²) >= 11 is 0. The molecule has 2 N–H and O–H groups in total. The average Bonchev–Trinajstić information content (AvgIpc) is 2.50. The molecule has 0 unspecified atom stereocenters. The van der Waals surface area contributed by atoms with E-state index in [0.717, 1.165) is 17.0 Å². The second kappa shape index (κ2) is 4.64. The van der Waals surface area contributed by atoms with Crippen molar-refractivity contribution in [2.24, 2.45) is 7.05 Å². The van der Waals surface area contributed by atoms with Crippen molar-refractivity contribution in [1.82, 2.24) is 19.7 Å². The zero-order chi connectivity index (χ0) is 13.3. The number of nitrogens with one attached hydrogen (secondary N) is 2. The van der Waals surface area contributed by atoms with E-state index in [1.54, 1.807) is 6.92 Å². The fourth-order valence-corrected chi connectivity index (χ4v) is 1.92. The van der Waals surface area contributed by atoms with Crippen molar-refractivity contribution in [3.8, 4) is 0 Å². The Kier molecular flexibility index (Phi) is 3.18. The van der Waals surface area contributed by atoms with Gasteiger partial charge in [0.05, 0.1) is 5.69 Å². The van der Waals surface area contributed by atoms with Crippen molar-refractivity contribution >= 4 is 5.82 Å². The summed E-state index contributed by atoms with van der Waals surface area (Å²) in [5, 5.41) is 7.50. The normalized spacial score (nSPS) is 10.7. The number of aryl methyl sites for hydroxylation is 3. The topological polar surface area (TPSA) is 75.6 Å². The summed E-state index contributed by atoms with van der Waals surface area (Å²) in [7, 11) is 1.92. The van der Waals surface area contributed by atoms with Crippen LogP contribution in [0.25, 0.3) is 0 Å². The van der Waals surface area contributed by atoms with Crippen LogP contribution in [0.4, 0.5) is 5.82 Å². The smallest absolute Gasteiger partial charge is 0.252 e. The summed E-state index contributed by atoms with van der Waals surface area (Å²) in [4.78, 5) is 18.1. The number of anilines is 1. The molecule has 0 fully saturated rings. The lowest BCUT2D eigenvalue weighted by Gasteiger charge is -2.06. The summed E-state index contributed by atoms with van der Waals surface area (Å²) < 4.78 is 1.85. The maximum atomic E-state index is 11.3. The van der Waals surface area contributed by atoms with Gasteiger partial charge in [-0.1, -0.05) is 0 Å². The first-order chi connectivity index (χ1) is 8.47. The minimum absolute atomic E-state index is 0.148. The number of hydrogen-bond donors (Lipinski definition) is 2. The predicted molar refractivity (Wildman–Crippen MR) is 69.6 cm³/mol. The molecule has 2 rings (SSSR count). The quantitative estimate of drug-likeness (QED) is 0.849. The molecule has 0 aromatic carbocycles. The molecule has 0 aliphatic carbocycles. The van der Waals surface area contributed by atoms with Gasteiger partial charge in [0.25, 0.3) is 5.56 Å². The minimum Gasteiger partial charge on any atom is -0.366 e. The highest BCUT2D eigenvalue weighted by Gasteiger charge is 2.09. The summed E-state index contributed by atoms with van der Waals surface area (Å²) in [5.41, 5.74) is 3.09. The Morgan fingerprint density at radius 3 is 2.67 bits per heavy atom. The molecule has 2 aromatic heterocycles. The highest BCUT2D eigenvalue weighted by Crippen LogP contribution is 2.13. The van der Waals surface area contributed by atoms with Gasteiger partial charge >= 0.3 is 0 Å². The molecule has 18 heavy (non-hydrogen) atoms. The first-order valence-electron chi connectivity index (χ1n) is 5.78. The Labute approximate surface area is 105 Å². The van der Waals surface area contributed by atoms with Crippen LogP contribution in [0, 0.1) is 20.8 Å². The van der Waals surface area contributed by atoms with E-state index in [0.29, 0.717) is 18.2 Å². The maximum Gasteiger partial charge on any atom is 0.252 e. The highest BCUT2D eigenvalue weighted by atomic mass is 16.1. The van der Waals surface area contributed by atoms with Crippen LogP contribution in [0.1, 0.15) is 22.8 Å². The molecule has 0 spiro atoms. The Balaban J connectivity index is 2.18. The number of hydrogen-bond acceptors (Lipinski definition) is 4. The van der Waals surface area contributed by atoms with Crippen LogP contribution in [-0.4, -0.2) is 19.7 Å². The van der Waals surface area contributed by atoms with Crippen molar-refractivity contribution < 1.29 is 0 Å². The molecule has 2 heterocycles. The van der Waals surface area contributed by atoms with Crippen LogP contribution < -0.4 is 10.9 Å². The molecular weight excluding hydrogens is 230 g/mol. The third-order valence-electron chi connectivity index (χ3n) is 2.97. The van der Waals surface area contributed by atoms with E-state index >= 15 is 0 Å². The third-order valence-corrected chi connectivity index (χ3v) is 2.97. The lowest BCUT2D eigenvalue weighted by molar-refractivity contribution is 0.730. The van der Waals surface area contributed by atoms with Gasteiger partial charge in [-0.3, -0.25) is 9.48 Å². The van der Waals surface area contributed by atoms with E-state index in [1.807, 2.05) is 25.6 Å². The van der Waals surface area contributed by atoms with Crippen LogP contribution in [0.5, 0.6) is 0 Å². The van der Waals surface area contributed by atoms with Crippen LogP contribution in [0.15, 0.2) is 10.9 Å². The molecule has 0 saturated heterocycles. The summed E-state index contributed by atoms with van der Waals surface area (Å²) in [5.74, 6) is 1.18. The van der Waals surface area contributed by atoms with Crippen molar-refractivity contribution in [2.75, 3.05) is 5.32 Å². The second-order valence-corrected chi connectivity index (χ2v) is 4.34. The van der Waals surface area contributed by atoms with Gasteiger partial charge in [-0.15, -0.1) is 0 Å². The monoisotopic (exact) mass is 247 g/mol. The minimum atomic E-state index is -0.148. The average molecular weight is 247 g/mol. The maximum absolute atomic E-state index is 11.3. The Morgan fingerprint density at radius 2 is 2.11 bits per heavy atom. The molecule has 6 heteroatoms. The van der Waals surface area contributed by atoms with Crippen molar-refractivity contribution in [1.29, 1.82) is 0 Å². The molecule has 0 saturated carbocycles. The van der Waals surface area contributed by atoms with Gasteiger partial charge in [-0.05, 0) is 20.8 Å². The van der Waals surface area contributed by atoms with Crippen LogP contribution >= 0.6 is 0 Å². The van der Waals surface area contributed by atoms with E-state index in [1.165, 1.54) is 6.07 Å². The van der Waals surface area contributed by atoms with Crippen LogP contribution in [0.3, 0.4) is 0 Å². The molecule has 0 amide bonds. The first kappa shape index (κ1) is 12.3. The van der Waals surface area contributed by atoms with Gasteiger partial charge in [0, 0.05) is 30.9 Å². The van der Waals surface area contributed by atoms with Crippen molar-refractivity contribution in [3.05, 3.63) is 39.2 Å². The summed E-state index contributed by atoms with van der Waals surface area (Å²) in [6.07, 6.45) is 0.